The Morgan fingerprint density at radius 1 is 1.16 bits per heavy atom. The standard InChI is InChI=1S/C14H18F2O3/c1-17-10-18-11-5-7-12(8-6-11)19-13-4-2-3-9-14(13,15)16/h5-8,13H,2-4,9-10H2,1H3. The molecule has 0 bridgehead atoms. The number of hydrogen-bond donors (Lipinski definition) is 0. The van der Waals surface area contributed by atoms with Gasteiger partial charge in [0.1, 0.15) is 11.5 Å². The fourth-order valence-corrected chi connectivity index (χ4v) is 2.11. The van der Waals surface area contributed by atoms with Crippen molar-refractivity contribution in [1.82, 2.24) is 0 Å². The van der Waals surface area contributed by atoms with Crippen molar-refractivity contribution in [2.45, 2.75) is 37.7 Å². The highest BCUT2D eigenvalue weighted by molar-refractivity contribution is 5.31. The number of benzene rings is 1. The Morgan fingerprint density at radius 2 is 1.84 bits per heavy atom. The van der Waals surface area contributed by atoms with Gasteiger partial charge in [0.25, 0.3) is 5.92 Å². The molecule has 19 heavy (non-hydrogen) atoms. The first-order valence-corrected chi connectivity index (χ1v) is 6.38. The van der Waals surface area contributed by atoms with Crippen LogP contribution in [0.5, 0.6) is 11.5 Å². The molecule has 106 valence electrons. The van der Waals surface area contributed by atoms with Crippen molar-refractivity contribution in [3.63, 3.8) is 0 Å². The first-order chi connectivity index (χ1) is 9.12. The lowest BCUT2D eigenvalue weighted by Gasteiger charge is -2.31. The zero-order valence-electron chi connectivity index (χ0n) is 10.9. The van der Waals surface area contributed by atoms with Gasteiger partial charge in [-0.2, -0.15) is 0 Å². The minimum absolute atomic E-state index is 0.0906. The number of halogens is 2. The van der Waals surface area contributed by atoms with Gasteiger partial charge in [-0.3, -0.25) is 0 Å². The summed E-state index contributed by atoms with van der Waals surface area (Å²) in [5.41, 5.74) is 0. The fraction of sp³-hybridized carbons (Fsp3) is 0.571. The summed E-state index contributed by atoms with van der Waals surface area (Å²) in [7, 11) is 1.53. The van der Waals surface area contributed by atoms with Crippen LogP contribution < -0.4 is 9.47 Å². The molecule has 0 N–H and O–H groups in total. The van der Waals surface area contributed by atoms with Crippen molar-refractivity contribution in [3.05, 3.63) is 24.3 Å². The van der Waals surface area contributed by atoms with Crippen LogP contribution in [0, 0.1) is 0 Å². The fourth-order valence-electron chi connectivity index (χ4n) is 2.11. The van der Waals surface area contributed by atoms with Crippen LogP contribution in [0.15, 0.2) is 24.3 Å². The van der Waals surface area contributed by atoms with E-state index in [0.29, 0.717) is 24.3 Å². The van der Waals surface area contributed by atoms with Crippen molar-refractivity contribution >= 4 is 0 Å². The number of ether oxygens (including phenoxy) is 3. The van der Waals surface area contributed by atoms with Crippen molar-refractivity contribution in [2.75, 3.05) is 13.9 Å². The smallest absolute Gasteiger partial charge is 0.284 e. The molecule has 5 heteroatoms. The van der Waals surface area contributed by atoms with Crippen molar-refractivity contribution in [2.24, 2.45) is 0 Å². The molecule has 0 aliphatic heterocycles. The van der Waals surface area contributed by atoms with E-state index >= 15 is 0 Å². The maximum atomic E-state index is 13.6. The van der Waals surface area contributed by atoms with Crippen LogP contribution in [0.3, 0.4) is 0 Å². The van der Waals surface area contributed by atoms with Crippen molar-refractivity contribution in [3.8, 4) is 11.5 Å². The predicted molar refractivity (Wildman–Crippen MR) is 66.8 cm³/mol. The minimum Gasteiger partial charge on any atom is -0.484 e. The first kappa shape index (κ1) is 14.1. The second kappa shape index (κ2) is 6.19. The molecular formula is C14H18F2O3. The van der Waals surface area contributed by atoms with Gasteiger partial charge >= 0.3 is 0 Å². The minimum atomic E-state index is -2.73. The molecule has 1 aromatic rings. The average molecular weight is 272 g/mol. The van der Waals surface area contributed by atoms with Crippen LogP contribution >= 0.6 is 0 Å². The Kier molecular flexibility index (Phi) is 4.58. The number of hydrogen-bond acceptors (Lipinski definition) is 3. The van der Waals surface area contributed by atoms with E-state index in [1.807, 2.05) is 0 Å². The van der Waals surface area contributed by atoms with Crippen LogP contribution in [0.1, 0.15) is 25.7 Å². The van der Waals surface area contributed by atoms with Gasteiger partial charge < -0.3 is 14.2 Å². The summed E-state index contributed by atoms with van der Waals surface area (Å²) in [5, 5.41) is 0. The lowest BCUT2D eigenvalue weighted by molar-refractivity contribution is -0.119. The third kappa shape index (κ3) is 3.80. The molecule has 1 aliphatic rings. The van der Waals surface area contributed by atoms with Gasteiger partial charge in [-0.05, 0) is 43.5 Å². The Bertz CT molecular complexity index is 392. The number of alkyl halides is 2. The molecule has 0 radical (unpaired) electrons. The van der Waals surface area contributed by atoms with Crippen LogP contribution in [0.4, 0.5) is 8.78 Å². The Labute approximate surface area is 111 Å². The van der Waals surface area contributed by atoms with Gasteiger partial charge in [-0.15, -0.1) is 0 Å². The second-order valence-electron chi connectivity index (χ2n) is 4.64. The van der Waals surface area contributed by atoms with Crippen LogP contribution in [0.25, 0.3) is 0 Å². The zero-order chi connectivity index (χ0) is 13.7. The Balaban J connectivity index is 1.95. The lowest BCUT2D eigenvalue weighted by atomic mass is 9.94. The topological polar surface area (TPSA) is 27.7 Å². The number of rotatable bonds is 5. The van der Waals surface area contributed by atoms with Crippen molar-refractivity contribution < 1.29 is 23.0 Å². The summed E-state index contributed by atoms with van der Waals surface area (Å²) < 4.78 is 42.6. The summed E-state index contributed by atoms with van der Waals surface area (Å²) >= 11 is 0. The predicted octanol–water partition coefficient (Wildman–Crippen LogP) is 3.63. The third-order valence-corrected chi connectivity index (χ3v) is 3.14. The number of methoxy groups -OCH3 is 1. The third-order valence-electron chi connectivity index (χ3n) is 3.14. The summed E-state index contributed by atoms with van der Waals surface area (Å²) in [6, 6.07) is 6.62. The van der Waals surface area contributed by atoms with Gasteiger partial charge in [0, 0.05) is 13.5 Å². The van der Waals surface area contributed by atoms with Crippen LogP contribution in [0.2, 0.25) is 0 Å². The molecule has 0 amide bonds. The second-order valence-corrected chi connectivity index (χ2v) is 4.64. The molecule has 0 saturated heterocycles. The maximum Gasteiger partial charge on any atom is 0.284 e. The average Bonchev–Trinajstić information content (AvgIpc) is 2.40. The van der Waals surface area contributed by atoms with E-state index in [1.165, 1.54) is 7.11 Å². The van der Waals surface area contributed by atoms with Gasteiger partial charge in [-0.1, -0.05) is 0 Å². The van der Waals surface area contributed by atoms with E-state index in [0.717, 1.165) is 6.42 Å². The van der Waals surface area contributed by atoms with Gasteiger partial charge in [-0.25, -0.2) is 8.78 Å². The summed E-state index contributed by atoms with van der Waals surface area (Å²) in [6.07, 6.45) is 0.639. The van der Waals surface area contributed by atoms with E-state index in [2.05, 4.69) is 0 Å². The monoisotopic (exact) mass is 272 g/mol. The molecule has 0 heterocycles. The van der Waals surface area contributed by atoms with Gasteiger partial charge in [0.15, 0.2) is 12.9 Å². The summed E-state index contributed by atoms with van der Waals surface area (Å²) in [4.78, 5) is 0. The van der Waals surface area contributed by atoms with E-state index < -0.39 is 12.0 Å². The van der Waals surface area contributed by atoms with E-state index in [-0.39, 0.29) is 13.2 Å². The SMILES string of the molecule is COCOc1ccc(OC2CCCCC2(F)F)cc1. The summed E-state index contributed by atoms with van der Waals surface area (Å²) in [6.45, 7) is 0.154. The molecular weight excluding hydrogens is 254 g/mol. The van der Waals surface area contributed by atoms with Gasteiger partial charge in [0.2, 0.25) is 0 Å². The highest BCUT2D eigenvalue weighted by atomic mass is 19.3. The van der Waals surface area contributed by atoms with Crippen molar-refractivity contribution in [1.29, 1.82) is 0 Å². The molecule has 2 rings (SSSR count). The quantitative estimate of drug-likeness (QED) is 0.766. The van der Waals surface area contributed by atoms with E-state index in [9.17, 15) is 8.78 Å². The highest BCUT2D eigenvalue weighted by Crippen LogP contribution is 2.36. The Hall–Kier alpha value is -1.36. The van der Waals surface area contributed by atoms with E-state index in [4.69, 9.17) is 14.2 Å². The highest BCUT2D eigenvalue weighted by Gasteiger charge is 2.43. The van der Waals surface area contributed by atoms with Crippen LogP contribution in [-0.4, -0.2) is 25.9 Å². The molecule has 1 atom stereocenters. The maximum absolute atomic E-state index is 13.6. The lowest BCUT2D eigenvalue weighted by Crippen LogP contribution is -2.40. The molecule has 3 nitrogen and oxygen atoms in total. The molecule has 1 aromatic carbocycles. The molecule has 1 fully saturated rings. The first-order valence-electron chi connectivity index (χ1n) is 6.38. The molecule has 1 aliphatic carbocycles. The molecule has 0 aromatic heterocycles. The normalized spacial score (nSPS) is 21.9. The molecule has 0 spiro atoms. The van der Waals surface area contributed by atoms with Crippen LogP contribution in [-0.2, 0) is 4.74 Å². The summed E-state index contributed by atoms with van der Waals surface area (Å²) in [5.74, 6) is -1.68. The van der Waals surface area contributed by atoms with Gasteiger partial charge in [0.05, 0.1) is 0 Å². The zero-order valence-corrected chi connectivity index (χ0v) is 10.9. The Morgan fingerprint density at radius 3 is 2.47 bits per heavy atom. The van der Waals surface area contributed by atoms with E-state index in [1.54, 1.807) is 24.3 Å². The molecule has 1 saturated carbocycles. The largest absolute Gasteiger partial charge is 0.484 e. The molecule has 1 unspecified atom stereocenters.